The molecule has 0 aliphatic heterocycles. The number of rotatable bonds is 8. The summed E-state index contributed by atoms with van der Waals surface area (Å²) >= 11 is 0. The number of halogens is 3. The molecule has 10 heteroatoms. The highest BCUT2D eigenvalue weighted by Crippen LogP contribution is 2.39. The average Bonchev–Trinajstić information content (AvgIpc) is 2.65. The van der Waals surface area contributed by atoms with Crippen LogP contribution in [0, 0.1) is 5.92 Å². The highest BCUT2D eigenvalue weighted by molar-refractivity contribution is 5.83. The van der Waals surface area contributed by atoms with Gasteiger partial charge in [-0.1, -0.05) is 13.8 Å². The van der Waals surface area contributed by atoms with Gasteiger partial charge in [0.25, 0.3) is 0 Å². The Morgan fingerprint density at radius 2 is 1.97 bits per heavy atom. The standard InChI is InChI=1S/C21H27F3N4O3/c1-5-28(19(29)30)18-26-9-8-16(27-18)14-6-7-17(15(10-14)21(22,23)24)31-12-20(4,25)11-13(2)3/h6-10,13H,5,11-12,25H2,1-4H3,(H,29,30). The van der Waals surface area contributed by atoms with Gasteiger partial charge in [0.15, 0.2) is 0 Å². The minimum atomic E-state index is -4.67. The Hall–Kier alpha value is -2.88. The second-order valence-electron chi connectivity index (χ2n) is 8.02. The molecule has 1 atom stereocenters. The SMILES string of the molecule is CCN(C(=O)O)c1nccc(-c2ccc(OCC(C)(N)CC(C)C)c(C(F)(F)F)c2)n1. The molecule has 170 valence electrons. The Morgan fingerprint density at radius 3 is 2.52 bits per heavy atom. The van der Waals surface area contributed by atoms with Crippen molar-refractivity contribution in [1.82, 2.24) is 9.97 Å². The van der Waals surface area contributed by atoms with Crippen LogP contribution in [-0.4, -0.2) is 39.9 Å². The van der Waals surface area contributed by atoms with Crippen molar-refractivity contribution in [3.63, 3.8) is 0 Å². The lowest BCUT2D eigenvalue weighted by Crippen LogP contribution is -2.43. The second kappa shape index (κ2) is 9.51. The first-order valence-electron chi connectivity index (χ1n) is 9.81. The summed E-state index contributed by atoms with van der Waals surface area (Å²) < 4.78 is 46.6. The summed E-state index contributed by atoms with van der Waals surface area (Å²) in [5.41, 5.74) is 4.72. The van der Waals surface area contributed by atoms with Crippen LogP contribution in [0.4, 0.5) is 23.9 Å². The first-order valence-corrected chi connectivity index (χ1v) is 9.81. The first kappa shape index (κ1) is 24.4. The van der Waals surface area contributed by atoms with Crippen molar-refractivity contribution < 1.29 is 27.8 Å². The van der Waals surface area contributed by atoms with Gasteiger partial charge >= 0.3 is 12.3 Å². The minimum Gasteiger partial charge on any atom is -0.491 e. The third-order valence-electron chi connectivity index (χ3n) is 4.44. The molecular formula is C21H27F3N4O3. The number of nitrogens with zero attached hydrogens (tertiary/aromatic N) is 3. The summed E-state index contributed by atoms with van der Waals surface area (Å²) in [7, 11) is 0. The quantitative estimate of drug-likeness (QED) is 0.611. The first-order chi connectivity index (χ1) is 14.3. The summed E-state index contributed by atoms with van der Waals surface area (Å²) in [6.07, 6.45) is -4.04. The molecule has 1 aromatic carbocycles. The van der Waals surface area contributed by atoms with Gasteiger partial charge in [-0.25, -0.2) is 19.7 Å². The van der Waals surface area contributed by atoms with Crippen molar-refractivity contribution in [3.05, 3.63) is 36.0 Å². The molecule has 2 aromatic rings. The lowest BCUT2D eigenvalue weighted by atomic mass is 9.93. The van der Waals surface area contributed by atoms with E-state index in [1.165, 1.54) is 24.4 Å². The zero-order valence-electron chi connectivity index (χ0n) is 17.9. The van der Waals surface area contributed by atoms with Crippen LogP contribution in [0.25, 0.3) is 11.3 Å². The molecule has 0 bridgehead atoms. The third-order valence-corrected chi connectivity index (χ3v) is 4.44. The summed E-state index contributed by atoms with van der Waals surface area (Å²) in [5, 5.41) is 9.23. The normalized spacial score (nSPS) is 13.7. The van der Waals surface area contributed by atoms with Gasteiger partial charge in [-0.15, -0.1) is 0 Å². The highest BCUT2D eigenvalue weighted by atomic mass is 19.4. The van der Waals surface area contributed by atoms with E-state index in [2.05, 4.69) is 9.97 Å². The number of hydrogen-bond acceptors (Lipinski definition) is 5. The van der Waals surface area contributed by atoms with Gasteiger partial charge in [-0.3, -0.25) is 0 Å². The van der Waals surface area contributed by atoms with Crippen molar-refractivity contribution in [1.29, 1.82) is 0 Å². The topological polar surface area (TPSA) is 102 Å². The predicted octanol–water partition coefficient (Wildman–Crippen LogP) is 4.81. The lowest BCUT2D eigenvalue weighted by Gasteiger charge is -2.27. The summed E-state index contributed by atoms with van der Waals surface area (Å²) in [6, 6.07) is 4.99. The zero-order chi connectivity index (χ0) is 23.4. The van der Waals surface area contributed by atoms with E-state index in [4.69, 9.17) is 10.5 Å². The number of carbonyl (C=O) groups is 1. The number of aromatic nitrogens is 2. The van der Waals surface area contributed by atoms with Crippen molar-refractivity contribution in [3.8, 4) is 17.0 Å². The number of amides is 1. The van der Waals surface area contributed by atoms with Crippen molar-refractivity contribution in [2.45, 2.75) is 45.8 Å². The summed E-state index contributed by atoms with van der Waals surface area (Å²) in [4.78, 5) is 20.2. The molecule has 1 heterocycles. The molecule has 0 aliphatic carbocycles. The van der Waals surface area contributed by atoms with E-state index in [0.717, 1.165) is 11.0 Å². The van der Waals surface area contributed by atoms with Crippen LogP contribution >= 0.6 is 0 Å². The lowest BCUT2D eigenvalue weighted by molar-refractivity contribution is -0.139. The fourth-order valence-electron chi connectivity index (χ4n) is 3.27. The van der Waals surface area contributed by atoms with Gasteiger partial charge in [0.1, 0.15) is 12.4 Å². The number of ether oxygens (including phenoxy) is 1. The van der Waals surface area contributed by atoms with Gasteiger partial charge in [0.05, 0.1) is 11.3 Å². The largest absolute Gasteiger partial charge is 0.491 e. The van der Waals surface area contributed by atoms with Crippen LogP contribution in [0.1, 0.15) is 39.7 Å². The maximum atomic E-state index is 13.7. The minimum absolute atomic E-state index is 0.0741. The number of benzene rings is 1. The number of carboxylic acid groups (broad SMARTS) is 1. The van der Waals surface area contributed by atoms with E-state index in [-0.39, 0.29) is 42.0 Å². The van der Waals surface area contributed by atoms with Gasteiger partial charge in [-0.2, -0.15) is 13.2 Å². The fourth-order valence-corrected chi connectivity index (χ4v) is 3.27. The van der Waals surface area contributed by atoms with Crippen LogP contribution in [0.5, 0.6) is 5.75 Å². The molecule has 0 fully saturated rings. The Morgan fingerprint density at radius 1 is 1.29 bits per heavy atom. The molecule has 0 saturated carbocycles. The highest BCUT2D eigenvalue weighted by Gasteiger charge is 2.35. The Bertz CT molecular complexity index is 917. The van der Waals surface area contributed by atoms with Crippen LogP contribution in [-0.2, 0) is 6.18 Å². The maximum absolute atomic E-state index is 13.7. The molecule has 0 aliphatic rings. The van der Waals surface area contributed by atoms with Gasteiger partial charge < -0.3 is 15.6 Å². The average molecular weight is 440 g/mol. The monoisotopic (exact) mass is 440 g/mol. The molecular weight excluding hydrogens is 413 g/mol. The molecule has 0 radical (unpaired) electrons. The fraction of sp³-hybridized carbons (Fsp3) is 0.476. The van der Waals surface area contributed by atoms with E-state index in [1.807, 2.05) is 13.8 Å². The molecule has 1 unspecified atom stereocenters. The van der Waals surface area contributed by atoms with E-state index in [9.17, 15) is 23.1 Å². The Kier molecular flexibility index (Phi) is 7.48. The van der Waals surface area contributed by atoms with Gasteiger partial charge in [0.2, 0.25) is 5.95 Å². The zero-order valence-corrected chi connectivity index (χ0v) is 17.9. The van der Waals surface area contributed by atoms with Gasteiger partial charge in [0, 0.05) is 23.8 Å². The summed E-state index contributed by atoms with van der Waals surface area (Å²) in [5.74, 6) is -0.177. The van der Waals surface area contributed by atoms with Crippen molar-refractivity contribution in [2.24, 2.45) is 11.7 Å². The predicted molar refractivity (Wildman–Crippen MR) is 111 cm³/mol. The molecule has 31 heavy (non-hydrogen) atoms. The van der Waals surface area contributed by atoms with Crippen LogP contribution in [0.2, 0.25) is 0 Å². The molecule has 3 N–H and O–H groups in total. The van der Waals surface area contributed by atoms with Gasteiger partial charge in [-0.05, 0) is 50.5 Å². The van der Waals surface area contributed by atoms with E-state index >= 15 is 0 Å². The Balaban J connectivity index is 2.39. The number of anilines is 1. The Labute approximate surface area is 179 Å². The molecule has 1 aromatic heterocycles. The molecule has 0 spiro atoms. The molecule has 2 rings (SSSR count). The number of nitrogens with two attached hydrogens (primary N) is 1. The number of hydrogen-bond donors (Lipinski definition) is 2. The number of alkyl halides is 3. The third kappa shape index (κ3) is 6.55. The summed E-state index contributed by atoms with van der Waals surface area (Å²) in [6.45, 7) is 7.30. The van der Waals surface area contributed by atoms with E-state index in [0.29, 0.717) is 6.42 Å². The van der Waals surface area contributed by atoms with Crippen molar-refractivity contribution >= 4 is 12.0 Å². The smallest absolute Gasteiger partial charge is 0.419 e. The van der Waals surface area contributed by atoms with E-state index < -0.39 is 23.4 Å². The molecule has 7 nitrogen and oxygen atoms in total. The van der Waals surface area contributed by atoms with Crippen LogP contribution in [0.15, 0.2) is 30.5 Å². The molecule has 0 saturated heterocycles. The van der Waals surface area contributed by atoms with E-state index in [1.54, 1.807) is 13.8 Å². The second-order valence-corrected chi connectivity index (χ2v) is 8.02. The van der Waals surface area contributed by atoms with Crippen molar-refractivity contribution in [2.75, 3.05) is 18.1 Å². The van der Waals surface area contributed by atoms with Crippen LogP contribution < -0.4 is 15.4 Å². The maximum Gasteiger partial charge on any atom is 0.419 e. The molecule has 1 amide bonds. The van der Waals surface area contributed by atoms with Crippen LogP contribution in [0.3, 0.4) is 0 Å².